The average molecular weight is 159 g/mol. The van der Waals surface area contributed by atoms with Crippen LogP contribution in [0.1, 0.15) is 5.56 Å². The van der Waals surface area contributed by atoms with Gasteiger partial charge in [-0.1, -0.05) is 11.6 Å². The predicted octanol–water partition coefficient (Wildman–Crippen LogP) is 1.45. The van der Waals surface area contributed by atoms with Crippen LogP contribution in [0.5, 0.6) is 5.88 Å². The van der Waals surface area contributed by atoms with Crippen molar-refractivity contribution in [3.05, 3.63) is 17.0 Å². The molecule has 0 aliphatic rings. The van der Waals surface area contributed by atoms with Crippen LogP contribution >= 0.6 is 11.6 Å². The summed E-state index contributed by atoms with van der Waals surface area (Å²) in [7, 11) is 1.55. The van der Waals surface area contributed by atoms with Crippen LogP contribution in [-0.4, -0.2) is 17.1 Å². The van der Waals surface area contributed by atoms with E-state index in [1.807, 2.05) is 0 Å². The molecule has 1 aromatic heterocycles. The first kappa shape index (κ1) is 7.28. The van der Waals surface area contributed by atoms with Crippen molar-refractivity contribution in [2.75, 3.05) is 7.11 Å². The first-order chi connectivity index (χ1) is 4.75. The van der Waals surface area contributed by atoms with Gasteiger partial charge < -0.3 is 4.74 Å². The van der Waals surface area contributed by atoms with Gasteiger partial charge in [-0.05, 0) is 6.92 Å². The van der Waals surface area contributed by atoms with Crippen molar-refractivity contribution in [3.63, 3.8) is 0 Å². The summed E-state index contributed by atoms with van der Waals surface area (Å²) in [6.45, 7) is 1.81. The fourth-order valence-electron chi connectivity index (χ4n) is 0.620. The third-order valence-corrected chi connectivity index (χ3v) is 1.55. The molecule has 0 saturated heterocycles. The molecule has 3 nitrogen and oxygen atoms in total. The maximum atomic E-state index is 5.66. The monoisotopic (exact) mass is 158 g/mol. The van der Waals surface area contributed by atoms with E-state index in [1.54, 1.807) is 14.0 Å². The average Bonchev–Trinajstić information content (AvgIpc) is 1.95. The molecule has 0 fully saturated rings. The number of hydrogen-bond acceptors (Lipinski definition) is 3. The zero-order chi connectivity index (χ0) is 7.56. The van der Waals surface area contributed by atoms with Crippen LogP contribution in [0.2, 0.25) is 5.15 Å². The number of ether oxygens (including phenoxy) is 1. The number of rotatable bonds is 1. The molecule has 0 atom stereocenters. The summed E-state index contributed by atoms with van der Waals surface area (Å²) in [5.74, 6) is 0.528. The molecule has 0 bridgehead atoms. The van der Waals surface area contributed by atoms with Gasteiger partial charge in [-0.3, -0.25) is 0 Å². The molecule has 0 aliphatic heterocycles. The lowest BCUT2D eigenvalue weighted by Gasteiger charge is -2.01. The van der Waals surface area contributed by atoms with Crippen molar-refractivity contribution in [2.45, 2.75) is 6.92 Å². The van der Waals surface area contributed by atoms with E-state index in [2.05, 4.69) is 9.97 Å². The van der Waals surface area contributed by atoms with Crippen molar-refractivity contribution >= 4 is 11.6 Å². The quantitative estimate of drug-likeness (QED) is 0.581. The van der Waals surface area contributed by atoms with Gasteiger partial charge in [0, 0.05) is 5.56 Å². The number of nitrogens with zero attached hydrogens (tertiary/aromatic N) is 2. The molecule has 0 aliphatic carbocycles. The lowest BCUT2D eigenvalue weighted by Crippen LogP contribution is -1.92. The fourth-order valence-corrected chi connectivity index (χ4v) is 0.744. The second-order valence-electron chi connectivity index (χ2n) is 1.80. The van der Waals surface area contributed by atoms with Crippen molar-refractivity contribution in [3.8, 4) is 5.88 Å². The standard InChI is InChI=1S/C6H7ClN2O/c1-4-5(7)8-3-9-6(4)10-2/h3H,1-2H3. The Bertz CT molecular complexity index is 239. The molecule has 10 heavy (non-hydrogen) atoms. The van der Waals surface area contributed by atoms with E-state index >= 15 is 0 Å². The van der Waals surface area contributed by atoms with Crippen LogP contribution in [0.3, 0.4) is 0 Å². The van der Waals surface area contributed by atoms with E-state index in [1.165, 1.54) is 6.33 Å². The second kappa shape index (κ2) is 2.84. The molecule has 1 heterocycles. The van der Waals surface area contributed by atoms with Gasteiger partial charge in [-0.2, -0.15) is 0 Å². The minimum Gasteiger partial charge on any atom is -0.481 e. The SMILES string of the molecule is COc1ncnc(Cl)c1C. The summed E-state index contributed by atoms with van der Waals surface area (Å²) in [5, 5.41) is 0.437. The summed E-state index contributed by atoms with van der Waals surface area (Å²) in [6.07, 6.45) is 1.37. The molecule has 1 aromatic rings. The highest BCUT2D eigenvalue weighted by molar-refractivity contribution is 6.30. The van der Waals surface area contributed by atoms with Crippen molar-refractivity contribution in [1.29, 1.82) is 0 Å². The van der Waals surface area contributed by atoms with E-state index in [-0.39, 0.29) is 0 Å². The van der Waals surface area contributed by atoms with Crippen LogP contribution in [0, 0.1) is 6.92 Å². The molecule has 0 spiro atoms. The van der Waals surface area contributed by atoms with Crippen molar-refractivity contribution < 1.29 is 4.74 Å². The second-order valence-corrected chi connectivity index (χ2v) is 2.16. The predicted molar refractivity (Wildman–Crippen MR) is 38.3 cm³/mol. The summed E-state index contributed by atoms with van der Waals surface area (Å²) < 4.78 is 4.89. The Morgan fingerprint density at radius 3 is 2.70 bits per heavy atom. The molecule has 0 unspecified atom stereocenters. The van der Waals surface area contributed by atoms with E-state index in [0.717, 1.165) is 5.56 Å². The van der Waals surface area contributed by atoms with Gasteiger partial charge >= 0.3 is 0 Å². The molecule has 0 N–H and O–H groups in total. The molecule has 0 radical (unpaired) electrons. The van der Waals surface area contributed by atoms with Gasteiger partial charge in [0.05, 0.1) is 7.11 Å². The van der Waals surface area contributed by atoms with Crippen LogP contribution < -0.4 is 4.74 Å². The first-order valence-corrected chi connectivity index (χ1v) is 3.14. The third kappa shape index (κ3) is 1.19. The van der Waals surface area contributed by atoms with Gasteiger partial charge in [-0.15, -0.1) is 0 Å². The third-order valence-electron chi connectivity index (χ3n) is 1.17. The normalized spacial score (nSPS) is 9.50. The largest absolute Gasteiger partial charge is 0.481 e. The van der Waals surface area contributed by atoms with Crippen LogP contribution in [0.4, 0.5) is 0 Å². The molecule has 54 valence electrons. The molecule has 0 aromatic carbocycles. The molecule has 4 heteroatoms. The number of methoxy groups -OCH3 is 1. The van der Waals surface area contributed by atoms with Crippen molar-refractivity contribution in [2.24, 2.45) is 0 Å². The zero-order valence-electron chi connectivity index (χ0n) is 5.76. The number of aromatic nitrogens is 2. The van der Waals surface area contributed by atoms with E-state index in [9.17, 15) is 0 Å². The Hall–Kier alpha value is -0.830. The molecule has 0 saturated carbocycles. The molecular weight excluding hydrogens is 152 g/mol. The first-order valence-electron chi connectivity index (χ1n) is 2.76. The smallest absolute Gasteiger partial charge is 0.220 e. The Labute approximate surface area is 64.0 Å². The highest BCUT2D eigenvalue weighted by Gasteiger charge is 2.02. The lowest BCUT2D eigenvalue weighted by molar-refractivity contribution is 0.393. The lowest BCUT2D eigenvalue weighted by atomic mass is 10.4. The minimum absolute atomic E-state index is 0.437. The Morgan fingerprint density at radius 2 is 2.20 bits per heavy atom. The van der Waals surface area contributed by atoms with Gasteiger partial charge in [-0.25, -0.2) is 9.97 Å². The van der Waals surface area contributed by atoms with E-state index in [0.29, 0.717) is 11.0 Å². The molecule has 1 rings (SSSR count). The summed E-state index contributed by atoms with van der Waals surface area (Å²) in [6, 6.07) is 0. The minimum atomic E-state index is 0.437. The topological polar surface area (TPSA) is 35.0 Å². The van der Waals surface area contributed by atoms with Crippen LogP contribution in [0.25, 0.3) is 0 Å². The Kier molecular flexibility index (Phi) is 2.06. The Morgan fingerprint density at radius 1 is 1.50 bits per heavy atom. The van der Waals surface area contributed by atoms with Gasteiger partial charge in [0.1, 0.15) is 11.5 Å². The highest BCUT2D eigenvalue weighted by atomic mass is 35.5. The summed E-state index contributed by atoms with van der Waals surface area (Å²) in [5.41, 5.74) is 0.770. The van der Waals surface area contributed by atoms with Gasteiger partial charge in [0.15, 0.2) is 0 Å². The van der Waals surface area contributed by atoms with Gasteiger partial charge in [0.2, 0.25) is 5.88 Å². The Balaban J connectivity index is 3.14. The summed E-state index contributed by atoms with van der Waals surface area (Å²) in [4.78, 5) is 7.60. The van der Waals surface area contributed by atoms with E-state index in [4.69, 9.17) is 16.3 Å². The maximum absolute atomic E-state index is 5.66. The van der Waals surface area contributed by atoms with Crippen molar-refractivity contribution in [1.82, 2.24) is 9.97 Å². The van der Waals surface area contributed by atoms with Gasteiger partial charge in [0.25, 0.3) is 0 Å². The zero-order valence-corrected chi connectivity index (χ0v) is 6.51. The van der Waals surface area contributed by atoms with Crippen LogP contribution in [-0.2, 0) is 0 Å². The molecule has 0 amide bonds. The molecular formula is C6H7ClN2O. The summed E-state index contributed by atoms with van der Waals surface area (Å²) >= 11 is 5.66. The van der Waals surface area contributed by atoms with Crippen LogP contribution in [0.15, 0.2) is 6.33 Å². The fraction of sp³-hybridized carbons (Fsp3) is 0.333. The highest BCUT2D eigenvalue weighted by Crippen LogP contribution is 2.18. The number of hydrogen-bond donors (Lipinski definition) is 0. The maximum Gasteiger partial charge on any atom is 0.220 e. The van der Waals surface area contributed by atoms with E-state index < -0.39 is 0 Å². The number of halogens is 1.